The van der Waals surface area contributed by atoms with Crippen molar-refractivity contribution in [3.63, 3.8) is 0 Å². The van der Waals surface area contributed by atoms with Crippen molar-refractivity contribution in [1.29, 1.82) is 0 Å². The number of hydrogen-bond donors (Lipinski definition) is 0. The molecule has 0 aliphatic heterocycles. The summed E-state index contributed by atoms with van der Waals surface area (Å²) in [5, 5.41) is 0. The Labute approximate surface area is 78.5 Å². The molecule has 13 heavy (non-hydrogen) atoms. The highest BCUT2D eigenvalue weighted by atomic mass is 16.5. The van der Waals surface area contributed by atoms with Gasteiger partial charge in [-0.15, -0.1) is 0 Å². The molecule has 66 valence electrons. The number of aromatic nitrogens is 1. The molecule has 0 atom stereocenters. The molecule has 0 unspecified atom stereocenters. The van der Waals surface area contributed by atoms with E-state index in [9.17, 15) is 4.79 Å². The second-order valence-corrected chi connectivity index (χ2v) is 2.56. The number of hydrogen-bond acceptors (Lipinski definition) is 3. The molecule has 0 amide bonds. The predicted octanol–water partition coefficient (Wildman–Crippen LogP) is -0.0190. The van der Waals surface area contributed by atoms with Crippen LogP contribution < -0.4 is 5.46 Å². The van der Waals surface area contributed by atoms with Crippen molar-refractivity contribution >= 4 is 19.3 Å². The summed E-state index contributed by atoms with van der Waals surface area (Å²) in [4.78, 5) is 15.0. The van der Waals surface area contributed by atoms with Crippen molar-refractivity contribution in [2.75, 3.05) is 6.61 Å². The van der Waals surface area contributed by atoms with Crippen LogP contribution in [0.5, 0.6) is 0 Å². The lowest BCUT2D eigenvalue weighted by molar-refractivity contribution is -0.142. The van der Waals surface area contributed by atoms with E-state index in [1.807, 2.05) is 0 Å². The molecule has 0 N–H and O–H groups in total. The molecule has 1 heterocycles. The van der Waals surface area contributed by atoms with Crippen LogP contribution in [-0.4, -0.2) is 25.4 Å². The molecule has 0 aromatic carbocycles. The van der Waals surface area contributed by atoms with Crippen molar-refractivity contribution in [3.05, 3.63) is 24.0 Å². The van der Waals surface area contributed by atoms with Crippen molar-refractivity contribution in [2.24, 2.45) is 0 Å². The zero-order chi connectivity index (χ0) is 9.68. The van der Waals surface area contributed by atoms with E-state index in [0.29, 0.717) is 17.8 Å². The molecule has 3 nitrogen and oxygen atoms in total. The van der Waals surface area contributed by atoms with Crippen LogP contribution in [0.1, 0.15) is 12.6 Å². The molecule has 1 aromatic heterocycles. The van der Waals surface area contributed by atoms with Gasteiger partial charge in [0.2, 0.25) is 0 Å². The standard InChI is InChI=1S/C9H10BNO2/c1-2-13-9(12)5-8-4-3-7(10)6-11-8/h3-4,6H,2,5H2,1H3. The lowest BCUT2D eigenvalue weighted by Gasteiger charge is -2.01. The average molecular weight is 175 g/mol. The maximum atomic E-state index is 11.0. The first-order valence-electron chi connectivity index (χ1n) is 4.08. The normalized spacial score (nSPS) is 9.62. The highest BCUT2D eigenvalue weighted by Crippen LogP contribution is 1.94. The summed E-state index contributed by atoms with van der Waals surface area (Å²) in [6, 6.07) is 3.42. The fourth-order valence-electron chi connectivity index (χ4n) is 0.900. The highest BCUT2D eigenvalue weighted by Gasteiger charge is 2.03. The van der Waals surface area contributed by atoms with Crippen LogP contribution in [0.3, 0.4) is 0 Å². The SMILES string of the molecule is [B]c1ccc(CC(=O)OCC)nc1. The molecule has 0 aliphatic rings. The van der Waals surface area contributed by atoms with E-state index >= 15 is 0 Å². The van der Waals surface area contributed by atoms with Gasteiger partial charge in [0.1, 0.15) is 7.85 Å². The Bertz CT molecular complexity index is 284. The largest absolute Gasteiger partial charge is 0.466 e. The summed E-state index contributed by atoms with van der Waals surface area (Å²) >= 11 is 0. The predicted molar refractivity (Wildman–Crippen MR) is 50.0 cm³/mol. The van der Waals surface area contributed by atoms with Gasteiger partial charge in [0.05, 0.1) is 18.7 Å². The fourth-order valence-corrected chi connectivity index (χ4v) is 0.900. The molecule has 1 aromatic rings. The summed E-state index contributed by atoms with van der Waals surface area (Å²) in [5.74, 6) is -0.264. The summed E-state index contributed by atoms with van der Waals surface area (Å²) in [6.45, 7) is 2.17. The maximum Gasteiger partial charge on any atom is 0.311 e. The van der Waals surface area contributed by atoms with Crippen molar-refractivity contribution in [1.82, 2.24) is 4.98 Å². The molecular weight excluding hydrogens is 165 g/mol. The average Bonchev–Trinajstić information content (AvgIpc) is 2.09. The number of ether oxygens (including phenoxy) is 1. The molecule has 0 saturated carbocycles. The zero-order valence-corrected chi connectivity index (χ0v) is 7.49. The Morgan fingerprint density at radius 2 is 2.38 bits per heavy atom. The van der Waals surface area contributed by atoms with Crippen molar-refractivity contribution in [2.45, 2.75) is 13.3 Å². The van der Waals surface area contributed by atoms with Gasteiger partial charge in [-0.05, 0) is 13.0 Å². The van der Waals surface area contributed by atoms with E-state index in [0.717, 1.165) is 0 Å². The van der Waals surface area contributed by atoms with E-state index in [-0.39, 0.29) is 12.4 Å². The quantitative estimate of drug-likeness (QED) is 0.478. The monoisotopic (exact) mass is 175 g/mol. The van der Waals surface area contributed by atoms with Crippen LogP contribution in [0.4, 0.5) is 0 Å². The molecule has 0 fully saturated rings. The van der Waals surface area contributed by atoms with Crippen molar-refractivity contribution in [3.8, 4) is 0 Å². The van der Waals surface area contributed by atoms with Crippen LogP contribution in [0, 0.1) is 0 Å². The Morgan fingerprint density at radius 1 is 1.62 bits per heavy atom. The van der Waals surface area contributed by atoms with Crippen molar-refractivity contribution < 1.29 is 9.53 Å². The van der Waals surface area contributed by atoms with E-state index < -0.39 is 0 Å². The first-order chi connectivity index (χ1) is 6.22. The lowest BCUT2D eigenvalue weighted by Crippen LogP contribution is -2.10. The van der Waals surface area contributed by atoms with E-state index in [1.165, 1.54) is 6.20 Å². The first-order valence-corrected chi connectivity index (χ1v) is 4.08. The minimum absolute atomic E-state index is 0.202. The molecule has 0 aliphatic carbocycles. The van der Waals surface area contributed by atoms with E-state index in [1.54, 1.807) is 19.1 Å². The van der Waals surface area contributed by atoms with Crippen LogP contribution in [-0.2, 0) is 16.0 Å². The second kappa shape index (κ2) is 4.65. The topological polar surface area (TPSA) is 39.2 Å². The third-order valence-electron chi connectivity index (χ3n) is 1.48. The third kappa shape index (κ3) is 3.28. The Hall–Kier alpha value is -1.32. The van der Waals surface area contributed by atoms with E-state index in [2.05, 4.69) is 4.98 Å². The number of pyridine rings is 1. The van der Waals surface area contributed by atoms with Crippen LogP contribution in [0.2, 0.25) is 0 Å². The molecule has 2 radical (unpaired) electrons. The summed E-state index contributed by atoms with van der Waals surface area (Å²) in [6.07, 6.45) is 1.72. The summed E-state index contributed by atoms with van der Waals surface area (Å²) in [5.41, 5.74) is 1.26. The Balaban J connectivity index is 2.54. The van der Waals surface area contributed by atoms with Crippen LogP contribution >= 0.6 is 0 Å². The van der Waals surface area contributed by atoms with E-state index in [4.69, 9.17) is 12.6 Å². The highest BCUT2D eigenvalue weighted by molar-refractivity contribution is 6.32. The molecule has 0 saturated heterocycles. The number of carbonyl (C=O) groups is 1. The Morgan fingerprint density at radius 3 is 2.92 bits per heavy atom. The van der Waals surface area contributed by atoms with Crippen LogP contribution in [0.25, 0.3) is 0 Å². The van der Waals surface area contributed by atoms with Gasteiger partial charge in [0.25, 0.3) is 0 Å². The van der Waals surface area contributed by atoms with Gasteiger partial charge in [0.15, 0.2) is 0 Å². The van der Waals surface area contributed by atoms with Gasteiger partial charge in [0, 0.05) is 6.20 Å². The number of nitrogens with zero attached hydrogens (tertiary/aromatic N) is 1. The fraction of sp³-hybridized carbons (Fsp3) is 0.333. The zero-order valence-electron chi connectivity index (χ0n) is 7.49. The molecule has 1 rings (SSSR count). The summed E-state index contributed by atoms with van der Waals surface area (Å²) in [7, 11) is 5.44. The van der Waals surface area contributed by atoms with Crippen LogP contribution in [0.15, 0.2) is 18.3 Å². The number of carbonyl (C=O) groups excluding carboxylic acids is 1. The lowest BCUT2D eigenvalue weighted by atomic mass is 9.98. The first kappa shape index (κ1) is 9.77. The van der Waals surface area contributed by atoms with Gasteiger partial charge in [-0.2, -0.15) is 0 Å². The second-order valence-electron chi connectivity index (χ2n) is 2.56. The number of rotatable bonds is 3. The molecular formula is C9H10BNO2. The molecule has 0 spiro atoms. The van der Waals surface area contributed by atoms with Gasteiger partial charge in [-0.25, -0.2) is 0 Å². The Kier molecular flexibility index (Phi) is 3.49. The van der Waals surface area contributed by atoms with Gasteiger partial charge in [-0.1, -0.05) is 11.5 Å². The summed E-state index contributed by atoms with van der Waals surface area (Å²) < 4.78 is 4.77. The minimum Gasteiger partial charge on any atom is -0.466 e. The van der Waals surface area contributed by atoms with Gasteiger partial charge in [-0.3, -0.25) is 9.78 Å². The van der Waals surface area contributed by atoms with Gasteiger partial charge < -0.3 is 4.74 Å². The number of esters is 1. The molecule has 0 bridgehead atoms. The smallest absolute Gasteiger partial charge is 0.311 e. The minimum atomic E-state index is -0.264. The third-order valence-corrected chi connectivity index (χ3v) is 1.48. The molecule has 4 heteroatoms. The maximum absolute atomic E-state index is 11.0. The van der Waals surface area contributed by atoms with Gasteiger partial charge >= 0.3 is 5.97 Å².